The summed E-state index contributed by atoms with van der Waals surface area (Å²) in [5, 5.41) is 0. The van der Waals surface area contributed by atoms with Gasteiger partial charge in [0.15, 0.2) is 0 Å². The molecule has 3 heterocycles. The lowest BCUT2D eigenvalue weighted by Crippen LogP contribution is -2.34. The molecular weight excluding hydrogens is 312 g/mol. The Morgan fingerprint density at radius 3 is 2.36 bits per heavy atom. The molecule has 0 spiro atoms. The van der Waals surface area contributed by atoms with Crippen molar-refractivity contribution >= 4 is 46.0 Å². The lowest BCUT2D eigenvalue weighted by molar-refractivity contribution is -0.121. The summed E-state index contributed by atoms with van der Waals surface area (Å²) >= 11 is 6.60. The molecule has 3 aliphatic rings. The third-order valence-electron chi connectivity index (χ3n) is 4.64. The SMILES string of the molecule is CN1C(=O)/C(=C\c2cc3c4c(c2)CCCN4CCC3)SC1=S. The fourth-order valence-electron chi connectivity index (χ4n) is 3.61. The number of likely N-dealkylation sites (N-methyl/N-ethyl adjacent to an activating group) is 1. The molecule has 1 amide bonds. The molecule has 0 N–H and O–H groups in total. The molecule has 0 radical (unpaired) electrons. The quantitative estimate of drug-likeness (QED) is 0.583. The predicted octanol–water partition coefficient (Wildman–Crippen LogP) is 3.22. The minimum atomic E-state index is 0.0167. The van der Waals surface area contributed by atoms with E-state index in [9.17, 15) is 4.79 Å². The van der Waals surface area contributed by atoms with Gasteiger partial charge in [-0.25, -0.2) is 0 Å². The minimum absolute atomic E-state index is 0.0167. The van der Waals surface area contributed by atoms with Gasteiger partial charge in [0.05, 0.1) is 4.91 Å². The lowest BCUT2D eigenvalue weighted by atomic mass is 9.90. The highest BCUT2D eigenvalue weighted by Gasteiger charge is 2.29. The first-order valence-electron chi connectivity index (χ1n) is 7.76. The summed E-state index contributed by atoms with van der Waals surface area (Å²) in [7, 11) is 1.74. The Balaban J connectivity index is 1.75. The first kappa shape index (κ1) is 14.3. The maximum Gasteiger partial charge on any atom is 0.265 e. The third-order valence-corrected chi connectivity index (χ3v) is 6.12. The van der Waals surface area contributed by atoms with Crippen LogP contribution in [-0.2, 0) is 17.6 Å². The first-order valence-corrected chi connectivity index (χ1v) is 8.98. The van der Waals surface area contributed by atoms with E-state index in [0.717, 1.165) is 23.3 Å². The second-order valence-electron chi connectivity index (χ2n) is 6.12. The van der Waals surface area contributed by atoms with Crippen LogP contribution >= 0.6 is 24.0 Å². The van der Waals surface area contributed by atoms with Gasteiger partial charge in [-0.15, -0.1) is 0 Å². The zero-order valence-corrected chi connectivity index (χ0v) is 14.2. The number of thiocarbonyl (C=S) groups is 1. The smallest absolute Gasteiger partial charge is 0.265 e. The average Bonchev–Trinajstić information content (AvgIpc) is 2.75. The standard InChI is InChI=1S/C17H18N2OS2/c1-18-16(20)14(22-17(18)21)10-11-8-12-4-2-6-19-7-3-5-13(9-11)15(12)19/h8-10H,2-7H2,1H3/b14-10+. The molecule has 3 aliphatic heterocycles. The van der Waals surface area contributed by atoms with E-state index in [1.165, 1.54) is 54.5 Å². The molecule has 5 heteroatoms. The molecule has 0 atom stereocenters. The number of anilines is 1. The number of carbonyl (C=O) groups is 1. The fraction of sp³-hybridized carbons (Fsp3) is 0.412. The van der Waals surface area contributed by atoms with Gasteiger partial charge in [-0.05, 0) is 60.6 Å². The Morgan fingerprint density at radius 1 is 1.18 bits per heavy atom. The van der Waals surface area contributed by atoms with Crippen LogP contribution in [-0.4, -0.2) is 35.3 Å². The summed E-state index contributed by atoms with van der Waals surface area (Å²) in [6.07, 6.45) is 6.76. The second kappa shape index (κ2) is 5.39. The number of nitrogens with zero attached hydrogens (tertiary/aromatic N) is 2. The van der Waals surface area contributed by atoms with Gasteiger partial charge in [-0.1, -0.05) is 24.0 Å². The predicted molar refractivity (Wildman–Crippen MR) is 96.2 cm³/mol. The Kier molecular flexibility index (Phi) is 3.50. The van der Waals surface area contributed by atoms with E-state index in [-0.39, 0.29) is 5.91 Å². The van der Waals surface area contributed by atoms with Gasteiger partial charge in [-0.2, -0.15) is 0 Å². The highest BCUT2D eigenvalue weighted by atomic mass is 32.2. The van der Waals surface area contributed by atoms with Crippen molar-refractivity contribution in [3.8, 4) is 0 Å². The van der Waals surface area contributed by atoms with E-state index in [2.05, 4.69) is 17.0 Å². The Hall–Kier alpha value is -1.33. The van der Waals surface area contributed by atoms with Crippen LogP contribution in [0.15, 0.2) is 17.0 Å². The van der Waals surface area contributed by atoms with Crippen LogP contribution in [0.2, 0.25) is 0 Å². The number of amides is 1. The van der Waals surface area contributed by atoms with E-state index in [0.29, 0.717) is 4.32 Å². The molecule has 22 heavy (non-hydrogen) atoms. The van der Waals surface area contributed by atoms with Crippen molar-refractivity contribution in [2.45, 2.75) is 25.7 Å². The molecule has 1 fully saturated rings. The molecular formula is C17H18N2OS2. The summed E-state index contributed by atoms with van der Waals surface area (Å²) < 4.78 is 0.640. The lowest BCUT2D eigenvalue weighted by Gasteiger charge is -2.37. The van der Waals surface area contributed by atoms with Gasteiger partial charge in [0.1, 0.15) is 4.32 Å². The van der Waals surface area contributed by atoms with Crippen molar-refractivity contribution < 1.29 is 4.79 Å². The van der Waals surface area contributed by atoms with Crippen molar-refractivity contribution in [1.29, 1.82) is 0 Å². The van der Waals surface area contributed by atoms with Gasteiger partial charge in [0.2, 0.25) is 0 Å². The van der Waals surface area contributed by atoms with Crippen molar-refractivity contribution in [2.24, 2.45) is 0 Å². The number of carbonyl (C=O) groups excluding carboxylic acids is 1. The van der Waals surface area contributed by atoms with E-state index in [1.807, 2.05) is 6.08 Å². The van der Waals surface area contributed by atoms with Gasteiger partial charge in [0, 0.05) is 25.8 Å². The number of rotatable bonds is 1. The summed E-state index contributed by atoms with van der Waals surface area (Å²) in [5.41, 5.74) is 5.51. The van der Waals surface area contributed by atoms with Crippen LogP contribution in [0.4, 0.5) is 5.69 Å². The normalized spacial score (nSPS) is 22.5. The Bertz CT molecular complexity index is 680. The van der Waals surface area contributed by atoms with Crippen LogP contribution in [0.3, 0.4) is 0 Å². The van der Waals surface area contributed by atoms with Crippen LogP contribution in [0.5, 0.6) is 0 Å². The van der Waals surface area contributed by atoms with Gasteiger partial charge in [0.25, 0.3) is 5.91 Å². The van der Waals surface area contributed by atoms with E-state index in [4.69, 9.17) is 12.2 Å². The Morgan fingerprint density at radius 2 is 1.82 bits per heavy atom. The maximum atomic E-state index is 12.2. The van der Waals surface area contributed by atoms with Crippen LogP contribution in [0.25, 0.3) is 6.08 Å². The summed E-state index contributed by atoms with van der Waals surface area (Å²) in [6, 6.07) is 4.52. The molecule has 0 saturated carbocycles. The van der Waals surface area contributed by atoms with Crippen molar-refractivity contribution in [3.05, 3.63) is 33.7 Å². The molecule has 4 rings (SSSR count). The minimum Gasteiger partial charge on any atom is -0.371 e. The van der Waals surface area contributed by atoms with Crippen LogP contribution < -0.4 is 4.90 Å². The molecule has 0 aromatic heterocycles. The molecule has 0 bridgehead atoms. The number of aryl methyl sites for hydroxylation is 2. The second-order valence-corrected chi connectivity index (χ2v) is 7.80. The fourth-order valence-corrected chi connectivity index (χ4v) is 4.79. The van der Waals surface area contributed by atoms with E-state index >= 15 is 0 Å². The van der Waals surface area contributed by atoms with Gasteiger partial charge >= 0.3 is 0 Å². The molecule has 1 aromatic carbocycles. The zero-order valence-electron chi connectivity index (χ0n) is 12.6. The monoisotopic (exact) mass is 330 g/mol. The van der Waals surface area contributed by atoms with Crippen LogP contribution in [0, 0.1) is 0 Å². The number of thioether (sulfide) groups is 1. The van der Waals surface area contributed by atoms with Crippen LogP contribution in [0.1, 0.15) is 29.5 Å². The summed E-state index contributed by atoms with van der Waals surface area (Å²) in [6.45, 7) is 2.38. The first-order chi connectivity index (χ1) is 10.6. The molecule has 1 saturated heterocycles. The van der Waals surface area contributed by atoms with Gasteiger partial charge in [-0.3, -0.25) is 9.69 Å². The summed E-state index contributed by atoms with van der Waals surface area (Å²) in [4.78, 5) is 17.0. The largest absolute Gasteiger partial charge is 0.371 e. The Labute approximate surface area is 140 Å². The highest BCUT2D eigenvalue weighted by molar-refractivity contribution is 8.26. The van der Waals surface area contributed by atoms with Crippen molar-refractivity contribution in [1.82, 2.24) is 4.90 Å². The molecule has 114 valence electrons. The third kappa shape index (κ3) is 2.27. The number of hydrogen-bond acceptors (Lipinski definition) is 4. The average molecular weight is 330 g/mol. The van der Waals surface area contributed by atoms with Crippen molar-refractivity contribution in [2.75, 3.05) is 25.0 Å². The van der Waals surface area contributed by atoms with Gasteiger partial charge < -0.3 is 4.90 Å². The highest BCUT2D eigenvalue weighted by Crippen LogP contribution is 2.38. The van der Waals surface area contributed by atoms with E-state index in [1.54, 1.807) is 11.9 Å². The molecule has 3 nitrogen and oxygen atoms in total. The topological polar surface area (TPSA) is 23.6 Å². The number of benzene rings is 1. The zero-order chi connectivity index (χ0) is 15.3. The molecule has 0 aliphatic carbocycles. The number of hydrogen-bond donors (Lipinski definition) is 0. The molecule has 1 aromatic rings. The summed E-state index contributed by atoms with van der Waals surface area (Å²) in [5.74, 6) is 0.0167. The van der Waals surface area contributed by atoms with E-state index < -0.39 is 0 Å². The molecule has 0 unspecified atom stereocenters. The maximum absolute atomic E-state index is 12.2. The van der Waals surface area contributed by atoms with Crippen molar-refractivity contribution in [3.63, 3.8) is 0 Å².